The normalized spacial score (nSPS) is 17.2. The summed E-state index contributed by atoms with van der Waals surface area (Å²) in [5, 5.41) is 10.5. The highest BCUT2D eigenvalue weighted by molar-refractivity contribution is 5.32. The molecule has 0 aromatic heterocycles. The van der Waals surface area contributed by atoms with Gasteiger partial charge in [-0.2, -0.15) is 13.2 Å². The van der Waals surface area contributed by atoms with Gasteiger partial charge in [-0.3, -0.25) is 10.1 Å². The van der Waals surface area contributed by atoms with Gasteiger partial charge in [0.1, 0.15) is 0 Å². The predicted octanol–water partition coefficient (Wildman–Crippen LogP) is 2.63. The van der Waals surface area contributed by atoms with E-state index in [0.717, 1.165) is 5.56 Å². The molecule has 1 aliphatic rings. The Hall–Kier alpha value is -1.63. The number of nitrogens with zero attached hydrogens (tertiary/aromatic N) is 2. The molecule has 0 spiro atoms. The van der Waals surface area contributed by atoms with Crippen molar-refractivity contribution in [2.75, 3.05) is 19.6 Å². The van der Waals surface area contributed by atoms with Gasteiger partial charge in [-0.15, -0.1) is 0 Å². The molecule has 4 nitrogen and oxygen atoms in total. The second-order valence-electron chi connectivity index (χ2n) is 4.67. The number of likely N-dealkylation sites (tertiary alicyclic amines) is 1. The Balaban J connectivity index is 1.77. The van der Waals surface area contributed by atoms with Crippen LogP contribution >= 0.6 is 0 Å². The summed E-state index contributed by atoms with van der Waals surface area (Å²) in [4.78, 5) is 11.7. The van der Waals surface area contributed by atoms with Crippen LogP contribution in [-0.2, 0) is 6.42 Å². The van der Waals surface area contributed by atoms with E-state index in [1.165, 1.54) is 12.1 Å². The van der Waals surface area contributed by atoms with Crippen molar-refractivity contribution >= 4 is 5.69 Å². The number of rotatable bonds is 4. The number of hydrogen-bond donors (Lipinski definition) is 0. The van der Waals surface area contributed by atoms with Gasteiger partial charge in [0.05, 0.1) is 10.8 Å². The van der Waals surface area contributed by atoms with E-state index in [2.05, 4.69) is 0 Å². The van der Waals surface area contributed by atoms with Crippen LogP contribution in [-0.4, -0.2) is 35.6 Å². The predicted molar refractivity (Wildman–Crippen MR) is 62.8 cm³/mol. The Morgan fingerprint density at radius 1 is 1.26 bits per heavy atom. The Morgan fingerprint density at radius 2 is 1.84 bits per heavy atom. The van der Waals surface area contributed by atoms with E-state index in [4.69, 9.17) is 0 Å². The number of non-ortho nitro benzene ring substituents is 1. The van der Waals surface area contributed by atoms with E-state index in [9.17, 15) is 23.3 Å². The highest BCUT2D eigenvalue weighted by Crippen LogP contribution is 2.33. The average Bonchev–Trinajstić information content (AvgIpc) is 2.25. The maximum Gasteiger partial charge on any atom is 0.394 e. The third kappa shape index (κ3) is 3.44. The van der Waals surface area contributed by atoms with Gasteiger partial charge in [-0.05, 0) is 12.0 Å². The van der Waals surface area contributed by atoms with Crippen molar-refractivity contribution in [1.29, 1.82) is 0 Å². The zero-order valence-electron chi connectivity index (χ0n) is 10.1. The molecule has 104 valence electrons. The van der Waals surface area contributed by atoms with Crippen molar-refractivity contribution in [3.8, 4) is 0 Å². The molecule has 0 aliphatic carbocycles. The fourth-order valence-electron chi connectivity index (χ4n) is 2.03. The summed E-state index contributed by atoms with van der Waals surface area (Å²) < 4.78 is 36.8. The number of benzene rings is 1. The van der Waals surface area contributed by atoms with Crippen molar-refractivity contribution in [2.24, 2.45) is 5.92 Å². The van der Waals surface area contributed by atoms with Crippen molar-refractivity contribution in [2.45, 2.75) is 12.6 Å². The van der Waals surface area contributed by atoms with Gasteiger partial charge in [-0.25, -0.2) is 0 Å². The summed E-state index contributed by atoms with van der Waals surface area (Å²) in [5.74, 6) is -1.20. The average molecular weight is 274 g/mol. The molecule has 0 radical (unpaired) electrons. The SMILES string of the molecule is O=[N+]([O-])c1ccc(CCN2CC(C(F)(F)F)C2)cc1. The Morgan fingerprint density at radius 3 is 2.32 bits per heavy atom. The summed E-state index contributed by atoms with van der Waals surface area (Å²) in [7, 11) is 0. The highest BCUT2D eigenvalue weighted by atomic mass is 19.4. The zero-order chi connectivity index (χ0) is 14.0. The van der Waals surface area contributed by atoms with Crippen LogP contribution in [0.15, 0.2) is 24.3 Å². The lowest BCUT2D eigenvalue weighted by molar-refractivity contribution is -0.384. The number of alkyl halides is 3. The molecule has 1 saturated heterocycles. The zero-order valence-corrected chi connectivity index (χ0v) is 10.1. The molecular formula is C12H13F3N2O2. The Bertz CT molecular complexity index is 453. The Kier molecular flexibility index (Phi) is 3.75. The van der Waals surface area contributed by atoms with E-state index in [-0.39, 0.29) is 18.8 Å². The van der Waals surface area contributed by atoms with Gasteiger partial charge in [0, 0.05) is 31.8 Å². The maximum absolute atomic E-state index is 12.3. The molecular weight excluding hydrogens is 261 g/mol. The first-order valence-electron chi connectivity index (χ1n) is 5.88. The van der Waals surface area contributed by atoms with Crippen molar-refractivity contribution in [1.82, 2.24) is 4.90 Å². The Labute approximate surface area is 108 Å². The molecule has 1 aromatic carbocycles. The fourth-order valence-corrected chi connectivity index (χ4v) is 2.03. The van der Waals surface area contributed by atoms with Gasteiger partial charge in [0.15, 0.2) is 0 Å². The molecule has 1 aliphatic heterocycles. The van der Waals surface area contributed by atoms with E-state index >= 15 is 0 Å². The molecule has 0 N–H and O–H groups in total. The smallest absolute Gasteiger partial charge is 0.302 e. The van der Waals surface area contributed by atoms with Crippen LogP contribution in [0.1, 0.15) is 5.56 Å². The molecule has 0 bridgehead atoms. The molecule has 0 saturated carbocycles. The monoisotopic (exact) mass is 274 g/mol. The van der Waals surface area contributed by atoms with Gasteiger partial charge in [-0.1, -0.05) is 12.1 Å². The van der Waals surface area contributed by atoms with Crippen molar-refractivity contribution in [3.63, 3.8) is 0 Å². The molecule has 1 aromatic rings. The lowest BCUT2D eigenvalue weighted by atomic mass is 9.99. The van der Waals surface area contributed by atoms with E-state index < -0.39 is 17.0 Å². The molecule has 0 unspecified atom stereocenters. The summed E-state index contributed by atoms with van der Waals surface area (Å²) in [5.41, 5.74) is 0.908. The molecule has 1 heterocycles. The van der Waals surface area contributed by atoms with Gasteiger partial charge >= 0.3 is 6.18 Å². The van der Waals surface area contributed by atoms with Gasteiger partial charge < -0.3 is 4.90 Å². The van der Waals surface area contributed by atoms with Crippen LogP contribution in [0.4, 0.5) is 18.9 Å². The minimum atomic E-state index is -4.09. The quantitative estimate of drug-likeness (QED) is 0.626. The van der Waals surface area contributed by atoms with E-state index in [1.54, 1.807) is 17.0 Å². The van der Waals surface area contributed by atoms with Crippen LogP contribution in [0, 0.1) is 16.0 Å². The van der Waals surface area contributed by atoms with Crippen LogP contribution in [0.3, 0.4) is 0 Å². The fraction of sp³-hybridized carbons (Fsp3) is 0.500. The minimum absolute atomic E-state index is 0.0184. The van der Waals surface area contributed by atoms with E-state index in [1.807, 2.05) is 0 Å². The number of nitro groups is 1. The lowest BCUT2D eigenvalue weighted by Gasteiger charge is -2.40. The summed E-state index contributed by atoms with van der Waals surface area (Å²) in [6, 6.07) is 6.09. The lowest BCUT2D eigenvalue weighted by Crippen LogP contribution is -2.53. The summed E-state index contributed by atoms with van der Waals surface area (Å²) in [6.45, 7) is 0.650. The maximum atomic E-state index is 12.3. The molecule has 0 amide bonds. The van der Waals surface area contributed by atoms with Crippen molar-refractivity contribution < 1.29 is 18.1 Å². The number of halogens is 3. The first-order chi connectivity index (χ1) is 8.86. The number of nitro benzene ring substituents is 1. The summed E-state index contributed by atoms with van der Waals surface area (Å²) in [6.07, 6.45) is -3.49. The molecule has 0 atom stereocenters. The topological polar surface area (TPSA) is 46.4 Å². The van der Waals surface area contributed by atoms with Gasteiger partial charge in [0.25, 0.3) is 5.69 Å². The van der Waals surface area contributed by atoms with Crippen LogP contribution in [0.2, 0.25) is 0 Å². The first kappa shape index (κ1) is 13.8. The van der Waals surface area contributed by atoms with E-state index in [0.29, 0.717) is 13.0 Å². The molecule has 2 rings (SSSR count). The minimum Gasteiger partial charge on any atom is -0.302 e. The molecule has 1 fully saturated rings. The van der Waals surface area contributed by atoms with Crippen LogP contribution in [0.5, 0.6) is 0 Å². The third-order valence-corrected chi connectivity index (χ3v) is 3.28. The second-order valence-corrected chi connectivity index (χ2v) is 4.67. The standard InChI is InChI=1S/C12H13F3N2O2/c13-12(14,15)10-7-16(8-10)6-5-9-1-3-11(4-2-9)17(18)19/h1-4,10H,5-8H2. The van der Waals surface area contributed by atoms with Crippen LogP contribution in [0.25, 0.3) is 0 Å². The summed E-state index contributed by atoms with van der Waals surface area (Å²) >= 11 is 0. The van der Waals surface area contributed by atoms with Gasteiger partial charge in [0.2, 0.25) is 0 Å². The second kappa shape index (κ2) is 5.16. The highest BCUT2D eigenvalue weighted by Gasteiger charge is 2.46. The first-order valence-corrected chi connectivity index (χ1v) is 5.88. The third-order valence-electron chi connectivity index (χ3n) is 3.28. The molecule has 7 heteroatoms. The number of hydrogen-bond acceptors (Lipinski definition) is 3. The molecule has 19 heavy (non-hydrogen) atoms. The largest absolute Gasteiger partial charge is 0.394 e. The van der Waals surface area contributed by atoms with Crippen molar-refractivity contribution in [3.05, 3.63) is 39.9 Å². The van der Waals surface area contributed by atoms with Crippen LogP contribution < -0.4 is 0 Å².